The van der Waals surface area contributed by atoms with Crippen LogP contribution in [0.2, 0.25) is 0 Å². The van der Waals surface area contributed by atoms with E-state index in [0.717, 1.165) is 38.6 Å². The van der Waals surface area contributed by atoms with E-state index in [1.54, 1.807) is 11.3 Å². The van der Waals surface area contributed by atoms with E-state index in [-0.39, 0.29) is 0 Å². The molecule has 0 saturated carbocycles. The Hall–Kier alpha value is -1.26. The minimum Gasteiger partial charge on any atom is -0.320 e. The average Bonchev–Trinajstić information content (AvgIpc) is 2.88. The van der Waals surface area contributed by atoms with Crippen molar-refractivity contribution >= 4 is 11.3 Å². The molecule has 0 amide bonds. The van der Waals surface area contributed by atoms with Gasteiger partial charge in [-0.15, -0.1) is 21.5 Å². The molecule has 102 valence electrons. The number of benzene rings is 1. The Kier molecular flexibility index (Phi) is 5.98. The summed E-state index contributed by atoms with van der Waals surface area (Å²) in [5.74, 6) is 0. The maximum Gasteiger partial charge on any atom is 0.117 e. The van der Waals surface area contributed by atoms with Gasteiger partial charge < -0.3 is 5.32 Å². The van der Waals surface area contributed by atoms with Crippen molar-refractivity contribution in [1.29, 1.82) is 0 Å². The number of aryl methyl sites for hydroxylation is 3. The zero-order chi connectivity index (χ0) is 13.3. The summed E-state index contributed by atoms with van der Waals surface area (Å²) < 4.78 is 0. The van der Waals surface area contributed by atoms with Gasteiger partial charge in [-0.1, -0.05) is 30.3 Å². The van der Waals surface area contributed by atoms with Crippen molar-refractivity contribution < 1.29 is 0 Å². The van der Waals surface area contributed by atoms with Crippen LogP contribution in [0.15, 0.2) is 30.3 Å². The van der Waals surface area contributed by atoms with Crippen LogP contribution in [-0.4, -0.2) is 23.8 Å². The Labute approximate surface area is 119 Å². The molecule has 1 heterocycles. The number of rotatable bonds is 8. The Bertz CT molecular complexity index is 467. The first-order valence-electron chi connectivity index (χ1n) is 6.88. The summed E-state index contributed by atoms with van der Waals surface area (Å²) in [6.45, 7) is 1.04. The molecule has 1 aromatic heterocycles. The predicted molar refractivity (Wildman–Crippen MR) is 80.6 cm³/mol. The van der Waals surface area contributed by atoms with E-state index < -0.39 is 0 Å². The molecule has 0 saturated heterocycles. The number of nitrogens with zero attached hydrogens (tertiary/aromatic N) is 2. The van der Waals surface area contributed by atoms with E-state index in [0.29, 0.717) is 0 Å². The molecule has 1 aromatic carbocycles. The lowest BCUT2D eigenvalue weighted by Gasteiger charge is -1.98. The van der Waals surface area contributed by atoms with Gasteiger partial charge in [0, 0.05) is 12.8 Å². The molecule has 4 heteroatoms. The van der Waals surface area contributed by atoms with Crippen LogP contribution in [0.3, 0.4) is 0 Å². The lowest BCUT2D eigenvalue weighted by Crippen LogP contribution is -2.08. The van der Waals surface area contributed by atoms with Crippen LogP contribution in [0, 0.1) is 0 Å². The summed E-state index contributed by atoms with van der Waals surface area (Å²) in [6.07, 6.45) is 5.48. The molecular weight excluding hydrogens is 254 g/mol. The normalized spacial score (nSPS) is 10.8. The van der Waals surface area contributed by atoms with Gasteiger partial charge >= 0.3 is 0 Å². The van der Waals surface area contributed by atoms with Crippen LogP contribution < -0.4 is 5.32 Å². The Balaban J connectivity index is 1.71. The monoisotopic (exact) mass is 275 g/mol. The maximum atomic E-state index is 4.27. The van der Waals surface area contributed by atoms with Gasteiger partial charge in [-0.25, -0.2) is 0 Å². The van der Waals surface area contributed by atoms with E-state index in [4.69, 9.17) is 0 Å². The Morgan fingerprint density at radius 1 is 0.947 bits per heavy atom. The minimum atomic E-state index is 1.04. The first-order chi connectivity index (χ1) is 9.38. The molecule has 19 heavy (non-hydrogen) atoms. The van der Waals surface area contributed by atoms with Crippen LogP contribution >= 0.6 is 11.3 Å². The highest BCUT2D eigenvalue weighted by Gasteiger charge is 2.04. The minimum absolute atomic E-state index is 1.04. The number of hydrogen-bond donors (Lipinski definition) is 1. The molecular formula is C15H21N3S. The van der Waals surface area contributed by atoms with Crippen molar-refractivity contribution in [3.63, 3.8) is 0 Å². The van der Waals surface area contributed by atoms with Gasteiger partial charge in [-0.05, 0) is 38.4 Å². The molecule has 3 nitrogen and oxygen atoms in total. The lowest BCUT2D eigenvalue weighted by atomic mass is 10.1. The van der Waals surface area contributed by atoms with Crippen molar-refractivity contribution in [2.75, 3.05) is 13.6 Å². The second kappa shape index (κ2) is 8.02. The fourth-order valence-electron chi connectivity index (χ4n) is 2.00. The maximum absolute atomic E-state index is 4.27. The zero-order valence-electron chi connectivity index (χ0n) is 11.4. The van der Waals surface area contributed by atoms with Crippen molar-refractivity contribution in [2.45, 2.75) is 32.1 Å². The molecule has 1 N–H and O–H groups in total. The van der Waals surface area contributed by atoms with Crippen molar-refractivity contribution in [3.05, 3.63) is 45.9 Å². The molecule has 0 aliphatic heterocycles. The van der Waals surface area contributed by atoms with E-state index >= 15 is 0 Å². The molecule has 2 rings (SSSR count). The summed E-state index contributed by atoms with van der Waals surface area (Å²) in [5.41, 5.74) is 1.40. The third-order valence-electron chi connectivity index (χ3n) is 3.03. The highest BCUT2D eigenvalue weighted by molar-refractivity contribution is 7.11. The Morgan fingerprint density at radius 2 is 1.63 bits per heavy atom. The van der Waals surface area contributed by atoms with Gasteiger partial charge in [-0.3, -0.25) is 0 Å². The number of hydrogen-bond acceptors (Lipinski definition) is 4. The molecule has 0 aliphatic carbocycles. The van der Waals surface area contributed by atoms with Crippen molar-refractivity contribution in [1.82, 2.24) is 15.5 Å². The van der Waals surface area contributed by atoms with E-state index in [9.17, 15) is 0 Å². The summed E-state index contributed by atoms with van der Waals surface area (Å²) in [4.78, 5) is 0. The molecule has 0 unspecified atom stereocenters. The third kappa shape index (κ3) is 5.09. The third-order valence-corrected chi connectivity index (χ3v) is 4.07. The Morgan fingerprint density at radius 3 is 2.32 bits per heavy atom. The van der Waals surface area contributed by atoms with E-state index in [1.165, 1.54) is 15.6 Å². The summed E-state index contributed by atoms with van der Waals surface area (Å²) in [5, 5.41) is 14.0. The lowest BCUT2D eigenvalue weighted by molar-refractivity contribution is 0.716. The second-order valence-electron chi connectivity index (χ2n) is 4.64. The van der Waals surface area contributed by atoms with Gasteiger partial charge in [0.05, 0.1) is 0 Å². The first-order valence-corrected chi connectivity index (χ1v) is 7.70. The van der Waals surface area contributed by atoms with Gasteiger partial charge in [0.15, 0.2) is 0 Å². The summed E-state index contributed by atoms with van der Waals surface area (Å²) >= 11 is 1.77. The first kappa shape index (κ1) is 14.2. The second-order valence-corrected chi connectivity index (χ2v) is 5.78. The molecule has 0 atom stereocenters. The smallest absolute Gasteiger partial charge is 0.117 e. The molecule has 0 fully saturated rings. The van der Waals surface area contributed by atoms with Crippen LogP contribution in [0.5, 0.6) is 0 Å². The van der Waals surface area contributed by atoms with Crippen molar-refractivity contribution in [2.24, 2.45) is 0 Å². The average molecular weight is 275 g/mol. The van der Waals surface area contributed by atoms with Crippen LogP contribution in [-0.2, 0) is 19.3 Å². The van der Waals surface area contributed by atoms with E-state index in [1.807, 2.05) is 7.05 Å². The van der Waals surface area contributed by atoms with Crippen LogP contribution in [0.4, 0.5) is 0 Å². The number of nitrogens with one attached hydrogen (secondary N) is 1. The zero-order valence-corrected chi connectivity index (χ0v) is 12.2. The quantitative estimate of drug-likeness (QED) is 0.753. The molecule has 0 radical (unpaired) electrons. The van der Waals surface area contributed by atoms with Gasteiger partial charge in [0.2, 0.25) is 0 Å². The molecule has 0 spiro atoms. The topological polar surface area (TPSA) is 37.8 Å². The predicted octanol–water partition coefficient (Wildman–Crippen LogP) is 2.87. The highest BCUT2D eigenvalue weighted by Crippen LogP contribution is 2.14. The molecule has 2 aromatic rings. The van der Waals surface area contributed by atoms with Crippen LogP contribution in [0.1, 0.15) is 28.4 Å². The summed E-state index contributed by atoms with van der Waals surface area (Å²) in [7, 11) is 1.98. The van der Waals surface area contributed by atoms with Crippen molar-refractivity contribution in [3.8, 4) is 0 Å². The van der Waals surface area contributed by atoms with Crippen LogP contribution in [0.25, 0.3) is 0 Å². The molecule has 0 aliphatic rings. The standard InChI is InChI=1S/C15H21N3S/c1-16-12-6-11-15-18-17-14(19-15)10-5-9-13-7-3-2-4-8-13/h2-4,7-8,16H,5-6,9-12H2,1H3. The van der Waals surface area contributed by atoms with E-state index in [2.05, 4.69) is 45.8 Å². The van der Waals surface area contributed by atoms with Gasteiger partial charge in [-0.2, -0.15) is 0 Å². The summed E-state index contributed by atoms with van der Waals surface area (Å²) in [6, 6.07) is 10.6. The fraction of sp³-hybridized carbons (Fsp3) is 0.467. The molecule has 0 bridgehead atoms. The van der Waals surface area contributed by atoms with Gasteiger partial charge in [0.25, 0.3) is 0 Å². The fourth-order valence-corrected chi connectivity index (χ4v) is 2.92. The van der Waals surface area contributed by atoms with Gasteiger partial charge in [0.1, 0.15) is 10.0 Å². The highest BCUT2D eigenvalue weighted by atomic mass is 32.1. The number of aromatic nitrogens is 2. The SMILES string of the molecule is CNCCCc1nnc(CCCc2ccccc2)s1. The largest absolute Gasteiger partial charge is 0.320 e.